The molecule has 1 heterocycles. The van der Waals surface area contributed by atoms with E-state index in [9.17, 15) is 0 Å². The summed E-state index contributed by atoms with van der Waals surface area (Å²) in [5, 5.41) is 0. The molecule has 72 valence electrons. The van der Waals surface area contributed by atoms with E-state index in [4.69, 9.17) is 0 Å². The molecule has 1 aromatic rings. The van der Waals surface area contributed by atoms with Crippen LogP contribution in [0.5, 0.6) is 0 Å². The van der Waals surface area contributed by atoms with Crippen LogP contribution < -0.4 is 14.0 Å². The highest BCUT2D eigenvalue weighted by atomic mass is 19.0. The van der Waals surface area contributed by atoms with E-state index >= 15 is 0 Å². The van der Waals surface area contributed by atoms with Gasteiger partial charge >= 0.3 is 1.43 Å². The first-order valence-electron chi connectivity index (χ1n) is 3.84. The lowest BCUT2D eigenvalue weighted by Crippen LogP contribution is -3.00. The van der Waals surface area contributed by atoms with E-state index in [-0.39, 0.29) is 10.8 Å². The number of hydrogen-bond acceptors (Lipinski definition) is 0. The van der Waals surface area contributed by atoms with Gasteiger partial charge in [-0.15, -0.1) is 0 Å². The molecule has 0 spiro atoms. The summed E-state index contributed by atoms with van der Waals surface area (Å²) in [5.74, 6) is 0. The van der Waals surface area contributed by atoms with E-state index in [1.54, 1.807) is 0 Å². The van der Waals surface area contributed by atoms with E-state index in [0.29, 0.717) is 0 Å². The molecule has 0 amide bonds. The summed E-state index contributed by atoms with van der Waals surface area (Å²) < 4.78 is 4.28. The van der Waals surface area contributed by atoms with Crippen LogP contribution >= 0.6 is 0 Å². The van der Waals surface area contributed by atoms with E-state index in [1.165, 1.54) is 12.8 Å². The van der Waals surface area contributed by atoms with Crippen molar-refractivity contribution in [2.45, 2.75) is 26.3 Å². The van der Waals surface area contributed by atoms with Crippen LogP contribution in [0.2, 0.25) is 0 Å². The van der Waals surface area contributed by atoms with Gasteiger partial charge in [0.1, 0.15) is 12.4 Å². The third kappa shape index (κ3) is 4.05. The van der Waals surface area contributed by atoms with Gasteiger partial charge < -0.3 is 9.41 Å². The molecule has 12 heavy (non-hydrogen) atoms. The zero-order valence-electron chi connectivity index (χ0n) is 8.50. The number of hydrogen-bond donors (Lipinski definition) is 0. The average Bonchev–Trinajstić information content (AvgIpc) is 2.31. The molecule has 0 atom stereocenters. The van der Waals surface area contributed by atoms with Gasteiger partial charge in [0.25, 0.3) is 0 Å². The Labute approximate surface area is 73.0 Å². The minimum Gasteiger partial charge on any atom is -1.00 e. The molecule has 0 radical (unpaired) electrons. The zero-order valence-corrected chi connectivity index (χ0v) is 7.50. The molecule has 0 fully saturated rings. The minimum atomic E-state index is 0. The van der Waals surface area contributed by atoms with E-state index in [2.05, 4.69) is 34.8 Å². The fraction of sp³-hybridized carbons (Fsp3) is 0.625. The van der Waals surface area contributed by atoms with Crippen molar-refractivity contribution < 1.29 is 15.4 Å². The van der Waals surface area contributed by atoms with Crippen LogP contribution in [0.15, 0.2) is 18.7 Å². The van der Waals surface area contributed by atoms with Crippen molar-refractivity contribution in [2.24, 2.45) is 7.05 Å². The highest BCUT2D eigenvalue weighted by Gasteiger charge is 1.96. The summed E-state index contributed by atoms with van der Waals surface area (Å²) in [6.07, 6.45) is 8.82. The molecule has 1 rings (SSSR count). The standard InChI is InChI=1S/C8H15N2.2FH/c1-3-4-5-10-7-6-9(2)8-10;;/h6-8H,3-5H2,1-2H3;2*1H/q+1;;/p-1. The number of unbranched alkanes of at least 4 members (excludes halogenated alkanes) is 1. The molecule has 0 saturated carbocycles. The fourth-order valence-electron chi connectivity index (χ4n) is 0.975. The summed E-state index contributed by atoms with van der Waals surface area (Å²) in [7, 11) is 2.04. The molecule has 1 aromatic heterocycles. The number of aromatic nitrogens is 2. The molecule has 0 aliphatic carbocycles. The van der Waals surface area contributed by atoms with Crippen molar-refractivity contribution in [3.63, 3.8) is 0 Å². The second-order valence-electron chi connectivity index (χ2n) is 2.67. The maximum absolute atomic E-state index is 2.21. The van der Waals surface area contributed by atoms with Crippen LogP contribution in [-0.2, 0) is 13.6 Å². The van der Waals surface area contributed by atoms with Crippen LogP contribution in [-0.4, -0.2) is 4.57 Å². The first kappa shape index (κ1) is 13.6. The maximum Gasteiger partial charge on any atom is 1.00 e. The van der Waals surface area contributed by atoms with Gasteiger partial charge in [-0.2, -0.15) is 0 Å². The lowest BCUT2D eigenvalue weighted by Gasteiger charge is -1.90. The number of rotatable bonds is 3. The third-order valence-electron chi connectivity index (χ3n) is 1.59. The van der Waals surface area contributed by atoms with Crippen LogP contribution in [0.3, 0.4) is 0 Å². The van der Waals surface area contributed by atoms with Gasteiger partial charge in [0.2, 0.25) is 6.33 Å². The van der Waals surface area contributed by atoms with E-state index in [0.717, 1.165) is 6.54 Å². The number of halogens is 2. The zero-order chi connectivity index (χ0) is 7.40. The Morgan fingerprint density at radius 3 is 2.50 bits per heavy atom. The van der Waals surface area contributed by atoms with Crippen LogP contribution in [0.4, 0.5) is 0 Å². The van der Waals surface area contributed by atoms with E-state index in [1.807, 2.05) is 7.05 Å². The SMILES string of the molecule is CCCCn1cc[n+](C)c1.[F-].[F-].[H+]. The van der Waals surface area contributed by atoms with Gasteiger partial charge in [0.05, 0.1) is 13.6 Å². The summed E-state index contributed by atoms with van der Waals surface area (Å²) in [4.78, 5) is 0. The smallest absolute Gasteiger partial charge is 1.00 e. The molecular weight excluding hydrogens is 162 g/mol. The molecule has 4 heteroatoms. The molecule has 0 aliphatic heterocycles. The first-order chi connectivity index (χ1) is 4.83. The van der Waals surface area contributed by atoms with Crippen molar-refractivity contribution >= 4 is 0 Å². The Balaban J connectivity index is -0.000000333. The summed E-state index contributed by atoms with van der Waals surface area (Å²) in [5.41, 5.74) is 0. The van der Waals surface area contributed by atoms with Crippen molar-refractivity contribution in [3.05, 3.63) is 18.7 Å². The number of imidazole rings is 1. The quantitative estimate of drug-likeness (QED) is 0.411. The lowest BCUT2D eigenvalue weighted by molar-refractivity contribution is -0.671. The predicted molar refractivity (Wildman–Crippen MR) is 41.6 cm³/mol. The van der Waals surface area contributed by atoms with Gasteiger partial charge in [-0.3, -0.25) is 0 Å². The maximum atomic E-state index is 2.21. The number of nitrogens with zero attached hydrogens (tertiary/aromatic N) is 2. The summed E-state index contributed by atoms with van der Waals surface area (Å²) in [6.45, 7) is 3.36. The summed E-state index contributed by atoms with van der Waals surface area (Å²) in [6, 6.07) is 0. The number of aryl methyl sites for hydroxylation is 2. The molecule has 2 nitrogen and oxygen atoms in total. The van der Waals surface area contributed by atoms with Gasteiger partial charge in [0, 0.05) is 0 Å². The van der Waals surface area contributed by atoms with Gasteiger partial charge in [-0.25, -0.2) is 9.13 Å². The van der Waals surface area contributed by atoms with Crippen LogP contribution in [0.25, 0.3) is 0 Å². The Bertz CT molecular complexity index is 204. The van der Waals surface area contributed by atoms with Crippen molar-refractivity contribution in [3.8, 4) is 0 Å². The molecular formula is C8H16F2N2. The predicted octanol–water partition coefficient (Wildman–Crippen LogP) is -4.77. The topological polar surface area (TPSA) is 8.81 Å². The molecule has 0 bridgehead atoms. The third-order valence-corrected chi connectivity index (χ3v) is 1.59. The average molecular weight is 178 g/mol. The highest BCUT2D eigenvalue weighted by Crippen LogP contribution is 1.91. The first-order valence-corrected chi connectivity index (χ1v) is 3.84. The molecule has 0 saturated heterocycles. The Morgan fingerprint density at radius 1 is 1.42 bits per heavy atom. The monoisotopic (exact) mass is 178 g/mol. The van der Waals surface area contributed by atoms with Crippen molar-refractivity contribution in [1.29, 1.82) is 0 Å². The summed E-state index contributed by atoms with van der Waals surface area (Å²) >= 11 is 0. The molecule has 0 aliphatic rings. The normalized spacial score (nSPS) is 8.50. The van der Waals surface area contributed by atoms with Gasteiger partial charge in [-0.05, 0) is 6.42 Å². The Hall–Kier alpha value is -0.930. The fourth-order valence-corrected chi connectivity index (χ4v) is 0.975. The van der Waals surface area contributed by atoms with E-state index < -0.39 is 0 Å². The van der Waals surface area contributed by atoms with Crippen molar-refractivity contribution in [1.82, 2.24) is 4.57 Å². The van der Waals surface area contributed by atoms with Gasteiger partial charge in [0.15, 0.2) is 0 Å². The largest absolute Gasteiger partial charge is 1.00 e. The Kier molecular flexibility index (Phi) is 7.69. The van der Waals surface area contributed by atoms with Crippen molar-refractivity contribution in [2.75, 3.05) is 0 Å². The Morgan fingerprint density at radius 2 is 2.08 bits per heavy atom. The lowest BCUT2D eigenvalue weighted by atomic mass is 10.3. The molecule has 0 unspecified atom stereocenters. The van der Waals surface area contributed by atoms with Crippen LogP contribution in [0, 0.1) is 0 Å². The molecule has 0 aromatic carbocycles. The molecule has 0 N–H and O–H groups in total. The second-order valence-corrected chi connectivity index (χ2v) is 2.67. The minimum absolute atomic E-state index is 0. The van der Waals surface area contributed by atoms with Gasteiger partial charge in [-0.1, -0.05) is 13.3 Å². The van der Waals surface area contributed by atoms with Crippen LogP contribution in [0.1, 0.15) is 21.2 Å². The highest BCUT2D eigenvalue weighted by molar-refractivity contribution is 4.65. The second kappa shape index (κ2) is 6.76.